The molecule has 128 valence electrons. The zero-order valence-corrected chi connectivity index (χ0v) is 14.6. The van der Waals surface area contributed by atoms with E-state index in [1.54, 1.807) is 14.2 Å². The number of benzene rings is 2. The molecule has 0 aromatic heterocycles. The normalized spacial score (nSPS) is 11.7. The van der Waals surface area contributed by atoms with Crippen LogP contribution in [0.4, 0.5) is 11.4 Å². The lowest BCUT2D eigenvalue weighted by atomic mass is 10.1. The number of nitrogens with zero attached hydrogens (tertiary/aromatic N) is 1. The highest BCUT2D eigenvalue weighted by molar-refractivity contribution is 5.94. The summed E-state index contributed by atoms with van der Waals surface area (Å²) in [6.45, 7) is 2.40. The summed E-state index contributed by atoms with van der Waals surface area (Å²) in [7, 11) is 5.25. The van der Waals surface area contributed by atoms with Crippen LogP contribution in [0.15, 0.2) is 48.5 Å². The van der Waals surface area contributed by atoms with Gasteiger partial charge in [-0.25, -0.2) is 0 Å². The number of rotatable bonds is 7. The van der Waals surface area contributed by atoms with Crippen LogP contribution < -0.4 is 15.0 Å². The molecule has 24 heavy (non-hydrogen) atoms. The summed E-state index contributed by atoms with van der Waals surface area (Å²) in [5.41, 5.74) is 2.67. The number of carbonyl (C=O) groups is 1. The quantitative estimate of drug-likeness (QED) is 0.848. The SMILES string of the molecule is COCC(C)NC(=O)c1ccc(N(C)c2ccc(OC)cc2)cc1. The second kappa shape index (κ2) is 8.36. The summed E-state index contributed by atoms with van der Waals surface area (Å²) < 4.78 is 10.2. The van der Waals surface area contributed by atoms with Crippen LogP contribution in [0, 0.1) is 0 Å². The molecule has 0 spiro atoms. The summed E-state index contributed by atoms with van der Waals surface area (Å²) in [5, 5.41) is 2.90. The van der Waals surface area contributed by atoms with Crippen LogP contribution >= 0.6 is 0 Å². The number of anilines is 2. The van der Waals surface area contributed by atoms with Gasteiger partial charge in [0, 0.05) is 37.1 Å². The summed E-state index contributed by atoms with van der Waals surface area (Å²) in [4.78, 5) is 14.2. The van der Waals surface area contributed by atoms with Gasteiger partial charge in [-0.15, -0.1) is 0 Å². The molecular weight excluding hydrogens is 304 g/mol. The van der Waals surface area contributed by atoms with Crippen molar-refractivity contribution < 1.29 is 14.3 Å². The molecule has 0 heterocycles. The van der Waals surface area contributed by atoms with Crippen LogP contribution in [-0.4, -0.2) is 39.8 Å². The lowest BCUT2D eigenvalue weighted by molar-refractivity contribution is 0.0905. The van der Waals surface area contributed by atoms with Gasteiger partial charge in [0.2, 0.25) is 0 Å². The fraction of sp³-hybridized carbons (Fsp3) is 0.316. The fourth-order valence-electron chi connectivity index (χ4n) is 2.39. The lowest BCUT2D eigenvalue weighted by Crippen LogP contribution is -2.35. The van der Waals surface area contributed by atoms with Gasteiger partial charge in [0.15, 0.2) is 0 Å². The van der Waals surface area contributed by atoms with Crippen molar-refractivity contribution in [3.05, 3.63) is 54.1 Å². The Morgan fingerprint density at radius 1 is 1.04 bits per heavy atom. The van der Waals surface area contributed by atoms with E-state index in [2.05, 4.69) is 10.2 Å². The number of ether oxygens (including phenoxy) is 2. The third-order valence-electron chi connectivity index (χ3n) is 3.77. The van der Waals surface area contributed by atoms with Gasteiger partial charge in [-0.1, -0.05) is 0 Å². The van der Waals surface area contributed by atoms with Gasteiger partial charge in [0.25, 0.3) is 5.91 Å². The smallest absolute Gasteiger partial charge is 0.251 e. The minimum absolute atomic E-state index is 0.0239. The van der Waals surface area contributed by atoms with Gasteiger partial charge < -0.3 is 19.7 Å². The molecule has 5 nitrogen and oxygen atoms in total. The average molecular weight is 328 g/mol. The monoisotopic (exact) mass is 328 g/mol. The molecule has 0 aliphatic rings. The van der Waals surface area contributed by atoms with Gasteiger partial charge in [-0.2, -0.15) is 0 Å². The Bertz CT molecular complexity index is 653. The Kier molecular flexibility index (Phi) is 6.21. The van der Waals surface area contributed by atoms with E-state index in [0.29, 0.717) is 12.2 Å². The standard InChI is InChI=1S/C19H24N2O3/c1-14(13-23-3)20-19(22)15-5-7-16(8-6-15)21(2)17-9-11-18(24-4)12-10-17/h5-12,14H,13H2,1-4H3,(H,20,22). The van der Waals surface area contributed by atoms with E-state index < -0.39 is 0 Å². The maximum Gasteiger partial charge on any atom is 0.251 e. The molecule has 0 saturated carbocycles. The number of carbonyl (C=O) groups excluding carboxylic acids is 1. The summed E-state index contributed by atoms with van der Waals surface area (Å²) >= 11 is 0. The first-order valence-corrected chi connectivity index (χ1v) is 7.82. The molecule has 0 fully saturated rings. The van der Waals surface area contributed by atoms with Gasteiger partial charge in [-0.05, 0) is 55.5 Å². The van der Waals surface area contributed by atoms with E-state index in [9.17, 15) is 4.79 Å². The highest BCUT2D eigenvalue weighted by Crippen LogP contribution is 2.25. The third kappa shape index (κ3) is 4.49. The molecule has 1 N–H and O–H groups in total. The largest absolute Gasteiger partial charge is 0.497 e. The number of nitrogens with one attached hydrogen (secondary N) is 1. The van der Waals surface area contributed by atoms with Gasteiger partial charge in [0.05, 0.1) is 13.7 Å². The molecule has 0 saturated heterocycles. The lowest BCUT2D eigenvalue weighted by Gasteiger charge is -2.20. The van der Waals surface area contributed by atoms with Crippen molar-refractivity contribution >= 4 is 17.3 Å². The first-order chi connectivity index (χ1) is 11.5. The second-order valence-corrected chi connectivity index (χ2v) is 5.63. The van der Waals surface area contributed by atoms with Gasteiger partial charge in [-0.3, -0.25) is 4.79 Å². The zero-order valence-electron chi connectivity index (χ0n) is 14.6. The van der Waals surface area contributed by atoms with Crippen molar-refractivity contribution in [3.8, 4) is 5.75 Å². The van der Waals surface area contributed by atoms with Crippen LogP contribution in [-0.2, 0) is 4.74 Å². The summed E-state index contributed by atoms with van der Waals surface area (Å²) in [6, 6.07) is 15.3. The van der Waals surface area contributed by atoms with Crippen LogP contribution in [0.3, 0.4) is 0 Å². The molecule has 1 atom stereocenters. The van der Waals surface area contributed by atoms with Crippen molar-refractivity contribution in [1.82, 2.24) is 5.32 Å². The topological polar surface area (TPSA) is 50.8 Å². The summed E-state index contributed by atoms with van der Waals surface area (Å²) in [6.07, 6.45) is 0. The molecule has 2 aromatic carbocycles. The first kappa shape index (κ1) is 17.8. The van der Waals surface area contributed by atoms with Crippen LogP contribution in [0.5, 0.6) is 5.75 Å². The predicted octanol–water partition coefficient (Wildman–Crippen LogP) is 3.23. The second-order valence-electron chi connectivity index (χ2n) is 5.63. The Morgan fingerprint density at radius 3 is 2.08 bits per heavy atom. The minimum Gasteiger partial charge on any atom is -0.497 e. The molecule has 5 heteroatoms. The molecule has 2 rings (SSSR count). The van der Waals surface area contributed by atoms with Crippen molar-refractivity contribution in [3.63, 3.8) is 0 Å². The molecule has 2 aromatic rings. The number of hydrogen-bond acceptors (Lipinski definition) is 4. The van der Waals surface area contributed by atoms with Crippen LogP contribution in [0.1, 0.15) is 17.3 Å². The van der Waals surface area contributed by atoms with Crippen molar-refractivity contribution in [2.24, 2.45) is 0 Å². The molecule has 0 aliphatic carbocycles. The Morgan fingerprint density at radius 2 is 1.58 bits per heavy atom. The number of amides is 1. The fourth-order valence-corrected chi connectivity index (χ4v) is 2.39. The Balaban J connectivity index is 2.06. The molecular formula is C19H24N2O3. The maximum absolute atomic E-state index is 12.2. The van der Waals surface area contributed by atoms with Crippen molar-refractivity contribution in [2.45, 2.75) is 13.0 Å². The van der Waals surface area contributed by atoms with Crippen molar-refractivity contribution in [1.29, 1.82) is 0 Å². The number of hydrogen-bond donors (Lipinski definition) is 1. The predicted molar refractivity (Wildman–Crippen MR) is 96.3 cm³/mol. The van der Waals surface area contributed by atoms with Crippen LogP contribution in [0.25, 0.3) is 0 Å². The Labute approximate surface area is 143 Å². The zero-order chi connectivity index (χ0) is 17.5. The highest BCUT2D eigenvalue weighted by atomic mass is 16.5. The van der Waals surface area contributed by atoms with E-state index in [4.69, 9.17) is 9.47 Å². The third-order valence-corrected chi connectivity index (χ3v) is 3.77. The molecule has 1 amide bonds. The molecule has 0 radical (unpaired) electrons. The van der Waals surface area contributed by atoms with Gasteiger partial charge in [0.1, 0.15) is 5.75 Å². The highest BCUT2D eigenvalue weighted by Gasteiger charge is 2.10. The van der Waals surface area contributed by atoms with E-state index in [1.165, 1.54) is 0 Å². The molecule has 0 bridgehead atoms. The minimum atomic E-state index is -0.0989. The van der Waals surface area contributed by atoms with E-state index in [0.717, 1.165) is 17.1 Å². The van der Waals surface area contributed by atoms with E-state index in [1.807, 2.05) is 62.5 Å². The Hall–Kier alpha value is -2.53. The van der Waals surface area contributed by atoms with Crippen LogP contribution in [0.2, 0.25) is 0 Å². The first-order valence-electron chi connectivity index (χ1n) is 7.82. The van der Waals surface area contributed by atoms with E-state index in [-0.39, 0.29) is 11.9 Å². The average Bonchev–Trinajstić information content (AvgIpc) is 2.61. The van der Waals surface area contributed by atoms with E-state index >= 15 is 0 Å². The maximum atomic E-state index is 12.2. The molecule has 0 aliphatic heterocycles. The van der Waals surface area contributed by atoms with Crippen molar-refractivity contribution in [2.75, 3.05) is 32.8 Å². The summed E-state index contributed by atoms with van der Waals surface area (Å²) in [5.74, 6) is 0.725. The number of methoxy groups -OCH3 is 2. The molecule has 1 unspecified atom stereocenters. The van der Waals surface area contributed by atoms with Gasteiger partial charge >= 0.3 is 0 Å².